The van der Waals surface area contributed by atoms with Gasteiger partial charge in [0.2, 0.25) is 17.7 Å². The second kappa shape index (κ2) is 14.4. The van der Waals surface area contributed by atoms with Crippen molar-refractivity contribution in [2.45, 2.75) is 70.3 Å². The number of nitrogens with two attached hydrogens (primary N) is 1. The minimum atomic E-state index is -1.46. The average molecular weight is 566 g/mol. The summed E-state index contributed by atoms with van der Waals surface area (Å²) in [5, 5.41) is 28.4. The number of hydrogen-bond donors (Lipinski definition) is 7. The summed E-state index contributed by atoms with van der Waals surface area (Å²) in [5.74, 6) is -3.75. The summed E-state index contributed by atoms with van der Waals surface area (Å²) in [5.41, 5.74) is 8.62. The zero-order valence-electron chi connectivity index (χ0n) is 23.5. The molecule has 8 N–H and O–H groups in total. The Hall–Kier alpha value is -4.22. The molecule has 3 amide bonds. The first-order chi connectivity index (χ1) is 19.5. The fraction of sp³-hybridized carbons (Fsp3) is 0.400. The van der Waals surface area contributed by atoms with E-state index in [1.165, 1.54) is 6.92 Å². The smallest absolute Gasteiger partial charge is 0.326 e. The highest BCUT2D eigenvalue weighted by Gasteiger charge is 2.34. The molecule has 1 heterocycles. The fourth-order valence-electron chi connectivity index (χ4n) is 4.55. The van der Waals surface area contributed by atoms with Crippen LogP contribution in [0.4, 0.5) is 0 Å². The third-order valence-electron chi connectivity index (χ3n) is 7.21. The van der Waals surface area contributed by atoms with E-state index < -0.39 is 54.0 Å². The number of aliphatic hydroxyl groups excluding tert-OH is 1. The van der Waals surface area contributed by atoms with Crippen molar-refractivity contribution in [1.82, 2.24) is 20.9 Å². The first kappa shape index (κ1) is 31.3. The molecule has 11 nitrogen and oxygen atoms in total. The molecule has 220 valence electrons. The van der Waals surface area contributed by atoms with E-state index >= 15 is 0 Å². The Kier molecular flexibility index (Phi) is 11.0. The predicted octanol–water partition coefficient (Wildman–Crippen LogP) is 1.25. The second-order valence-corrected chi connectivity index (χ2v) is 10.4. The van der Waals surface area contributed by atoms with Crippen molar-refractivity contribution in [2.75, 3.05) is 0 Å². The van der Waals surface area contributed by atoms with E-state index in [0.29, 0.717) is 6.42 Å². The van der Waals surface area contributed by atoms with Gasteiger partial charge in [0.1, 0.15) is 18.1 Å². The van der Waals surface area contributed by atoms with Gasteiger partial charge in [-0.3, -0.25) is 14.4 Å². The Morgan fingerprint density at radius 1 is 0.854 bits per heavy atom. The van der Waals surface area contributed by atoms with Crippen LogP contribution in [0.1, 0.15) is 38.3 Å². The van der Waals surface area contributed by atoms with E-state index in [0.717, 1.165) is 22.0 Å². The van der Waals surface area contributed by atoms with Gasteiger partial charge >= 0.3 is 5.97 Å². The van der Waals surface area contributed by atoms with Gasteiger partial charge in [0, 0.05) is 23.5 Å². The number of nitrogens with one attached hydrogen (secondary N) is 4. The molecule has 0 saturated carbocycles. The lowest BCUT2D eigenvalue weighted by atomic mass is 9.98. The van der Waals surface area contributed by atoms with Crippen molar-refractivity contribution >= 4 is 34.6 Å². The number of aliphatic carboxylic acids is 1. The van der Waals surface area contributed by atoms with E-state index in [4.69, 9.17) is 5.73 Å². The Bertz CT molecular complexity index is 1340. The van der Waals surface area contributed by atoms with Crippen molar-refractivity contribution in [2.24, 2.45) is 11.7 Å². The van der Waals surface area contributed by atoms with Gasteiger partial charge in [-0.25, -0.2) is 4.79 Å². The van der Waals surface area contributed by atoms with Crippen LogP contribution in [0, 0.1) is 5.92 Å². The molecule has 3 rings (SSSR count). The molecule has 6 atom stereocenters. The number of fused-ring (bicyclic) bond motifs is 1. The van der Waals surface area contributed by atoms with Crippen molar-refractivity contribution in [1.29, 1.82) is 0 Å². The van der Waals surface area contributed by atoms with Gasteiger partial charge in [-0.2, -0.15) is 0 Å². The standard InChI is InChI=1S/C30H39N5O6/c1-4-17(2)25(30(40)41)34-29(39)26(18(3)36)35-28(38)24(15-20-16-32-23-13-9-8-12-21(20)23)33-27(37)22(31)14-19-10-6-5-7-11-19/h5-13,16-18,22,24-26,32,36H,4,14-15,31H2,1-3H3,(H,33,37)(H,34,39)(H,35,38)(H,40,41). The van der Waals surface area contributed by atoms with Crippen LogP contribution in [-0.2, 0) is 32.0 Å². The summed E-state index contributed by atoms with van der Waals surface area (Å²) in [7, 11) is 0. The molecular weight excluding hydrogens is 526 g/mol. The van der Waals surface area contributed by atoms with Crippen molar-refractivity contribution < 1.29 is 29.4 Å². The number of hydrogen-bond acceptors (Lipinski definition) is 6. The summed E-state index contributed by atoms with van der Waals surface area (Å²) in [6, 6.07) is 11.9. The summed E-state index contributed by atoms with van der Waals surface area (Å²) in [6.07, 6.45) is 1.20. The molecular formula is C30H39N5O6. The fourth-order valence-corrected chi connectivity index (χ4v) is 4.55. The number of amides is 3. The van der Waals surface area contributed by atoms with Gasteiger partial charge < -0.3 is 36.9 Å². The van der Waals surface area contributed by atoms with Gasteiger partial charge in [-0.1, -0.05) is 68.8 Å². The third-order valence-corrected chi connectivity index (χ3v) is 7.21. The monoisotopic (exact) mass is 565 g/mol. The van der Waals surface area contributed by atoms with Crippen molar-refractivity contribution in [3.8, 4) is 0 Å². The maximum Gasteiger partial charge on any atom is 0.326 e. The first-order valence-electron chi connectivity index (χ1n) is 13.7. The number of aliphatic hydroxyl groups is 1. The zero-order chi connectivity index (χ0) is 30.1. The quantitative estimate of drug-likeness (QED) is 0.153. The average Bonchev–Trinajstić information content (AvgIpc) is 3.36. The van der Waals surface area contributed by atoms with Crippen LogP contribution in [0.3, 0.4) is 0 Å². The SMILES string of the molecule is CCC(C)C(NC(=O)C(NC(=O)C(Cc1c[nH]c2ccccc12)NC(=O)C(N)Cc1ccccc1)C(C)O)C(=O)O. The molecule has 0 aliphatic heterocycles. The Morgan fingerprint density at radius 2 is 1.49 bits per heavy atom. The third kappa shape index (κ3) is 8.38. The van der Waals surface area contributed by atoms with Crippen LogP contribution in [0.25, 0.3) is 10.9 Å². The molecule has 0 aliphatic rings. The molecule has 0 spiro atoms. The van der Waals surface area contributed by atoms with Gasteiger partial charge in [0.15, 0.2) is 0 Å². The van der Waals surface area contributed by atoms with Crippen molar-refractivity contribution in [3.05, 3.63) is 71.9 Å². The summed E-state index contributed by atoms with van der Waals surface area (Å²) in [4.78, 5) is 54.6. The second-order valence-electron chi connectivity index (χ2n) is 10.4. The number of aromatic nitrogens is 1. The molecule has 3 aromatic rings. The minimum absolute atomic E-state index is 0.0679. The maximum atomic E-state index is 13.6. The van der Waals surface area contributed by atoms with E-state index in [1.54, 1.807) is 20.0 Å². The van der Waals surface area contributed by atoms with Crippen LogP contribution in [0.2, 0.25) is 0 Å². The van der Waals surface area contributed by atoms with Crippen LogP contribution in [0.5, 0.6) is 0 Å². The van der Waals surface area contributed by atoms with Gasteiger partial charge in [-0.05, 0) is 36.5 Å². The van der Waals surface area contributed by atoms with E-state index in [2.05, 4.69) is 20.9 Å². The number of H-pyrrole nitrogens is 1. The number of rotatable bonds is 14. The zero-order valence-corrected chi connectivity index (χ0v) is 23.5. The van der Waals surface area contributed by atoms with E-state index in [-0.39, 0.29) is 18.8 Å². The topological polar surface area (TPSA) is 187 Å². The molecule has 0 fully saturated rings. The predicted molar refractivity (Wildman–Crippen MR) is 155 cm³/mol. The van der Waals surface area contributed by atoms with Crippen LogP contribution < -0.4 is 21.7 Å². The number of benzene rings is 2. The maximum absolute atomic E-state index is 13.6. The molecule has 0 radical (unpaired) electrons. The largest absolute Gasteiger partial charge is 0.480 e. The highest BCUT2D eigenvalue weighted by molar-refractivity contribution is 5.95. The highest BCUT2D eigenvalue weighted by atomic mass is 16.4. The molecule has 0 bridgehead atoms. The molecule has 1 aromatic heterocycles. The van der Waals surface area contributed by atoms with Gasteiger partial charge in [0.25, 0.3) is 0 Å². The number of carbonyl (C=O) groups is 4. The molecule has 0 saturated heterocycles. The number of para-hydroxylation sites is 1. The molecule has 6 unspecified atom stereocenters. The summed E-state index contributed by atoms with van der Waals surface area (Å²) < 4.78 is 0. The molecule has 2 aromatic carbocycles. The number of carboxylic acid groups (broad SMARTS) is 1. The van der Waals surface area contributed by atoms with Crippen LogP contribution in [-0.4, -0.2) is 69.2 Å². The van der Waals surface area contributed by atoms with E-state index in [9.17, 15) is 29.4 Å². The normalized spacial score (nSPS) is 15.6. The van der Waals surface area contributed by atoms with Crippen LogP contribution >= 0.6 is 0 Å². The van der Waals surface area contributed by atoms with Gasteiger partial charge in [0.05, 0.1) is 12.1 Å². The summed E-state index contributed by atoms with van der Waals surface area (Å²) in [6.45, 7) is 4.79. The Labute approximate surface area is 238 Å². The lowest BCUT2D eigenvalue weighted by Crippen LogP contribution is -2.60. The number of carbonyl (C=O) groups excluding carboxylic acids is 3. The lowest BCUT2D eigenvalue weighted by molar-refractivity contribution is -0.144. The molecule has 11 heteroatoms. The van der Waals surface area contributed by atoms with Gasteiger partial charge in [-0.15, -0.1) is 0 Å². The lowest BCUT2D eigenvalue weighted by Gasteiger charge is -2.27. The van der Waals surface area contributed by atoms with Crippen molar-refractivity contribution in [3.63, 3.8) is 0 Å². The summed E-state index contributed by atoms with van der Waals surface area (Å²) >= 11 is 0. The number of carboxylic acids is 1. The van der Waals surface area contributed by atoms with Crippen LogP contribution in [0.15, 0.2) is 60.8 Å². The first-order valence-corrected chi connectivity index (χ1v) is 13.7. The number of aromatic amines is 1. The molecule has 41 heavy (non-hydrogen) atoms. The minimum Gasteiger partial charge on any atom is -0.480 e. The highest BCUT2D eigenvalue weighted by Crippen LogP contribution is 2.19. The Morgan fingerprint density at radius 3 is 2.12 bits per heavy atom. The Balaban J connectivity index is 1.82. The van der Waals surface area contributed by atoms with E-state index in [1.807, 2.05) is 54.6 Å². The molecule has 0 aliphatic carbocycles.